The van der Waals surface area contributed by atoms with E-state index in [1.54, 1.807) is 0 Å². The molecule has 1 aromatic carbocycles. The number of hydrogen-bond acceptors (Lipinski definition) is 3. The summed E-state index contributed by atoms with van der Waals surface area (Å²) in [5, 5.41) is 3.09. The van der Waals surface area contributed by atoms with Crippen molar-refractivity contribution in [2.45, 2.75) is 25.8 Å². The van der Waals surface area contributed by atoms with E-state index in [9.17, 15) is 0 Å². The predicted octanol–water partition coefficient (Wildman–Crippen LogP) is 3.34. The van der Waals surface area contributed by atoms with Crippen molar-refractivity contribution in [2.24, 2.45) is 0 Å². The quantitative estimate of drug-likeness (QED) is 0.915. The van der Waals surface area contributed by atoms with Gasteiger partial charge in [0.1, 0.15) is 17.3 Å². The SMILES string of the molecule is CNCc1ccc(-c2ccc3c(c2)C(C)(C)CO3)o1. The van der Waals surface area contributed by atoms with Crippen molar-refractivity contribution in [1.82, 2.24) is 5.32 Å². The smallest absolute Gasteiger partial charge is 0.134 e. The van der Waals surface area contributed by atoms with Crippen LogP contribution in [0, 0.1) is 0 Å². The molecule has 0 amide bonds. The van der Waals surface area contributed by atoms with E-state index in [0.717, 1.165) is 36.0 Å². The fraction of sp³-hybridized carbons (Fsp3) is 0.375. The standard InChI is InChI=1S/C16H19NO2/c1-16(2)10-18-15-6-4-11(8-13(15)16)14-7-5-12(19-14)9-17-3/h4-8,17H,9-10H2,1-3H3. The Labute approximate surface area is 113 Å². The van der Waals surface area contributed by atoms with Crippen LogP contribution in [0.1, 0.15) is 25.2 Å². The van der Waals surface area contributed by atoms with Gasteiger partial charge in [-0.05, 0) is 37.4 Å². The molecule has 3 heteroatoms. The molecule has 1 aliphatic heterocycles. The van der Waals surface area contributed by atoms with Gasteiger partial charge in [0.05, 0.1) is 13.2 Å². The number of nitrogens with one attached hydrogen (secondary N) is 1. The molecule has 0 unspecified atom stereocenters. The highest BCUT2D eigenvalue weighted by Gasteiger charge is 2.32. The minimum Gasteiger partial charge on any atom is -0.492 e. The fourth-order valence-electron chi connectivity index (χ4n) is 2.48. The molecule has 1 aliphatic rings. The molecular formula is C16H19NO2. The second-order valence-corrected chi connectivity index (χ2v) is 5.68. The Morgan fingerprint density at radius 3 is 2.84 bits per heavy atom. The van der Waals surface area contributed by atoms with Crippen LogP contribution in [-0.4, -0.2) is 13.7 Å². The van der Waals surface area contributed by atoms with Crippen molar-refractivity contribution < 1.29 is 9.15 Å². The molecule has 0 radical (unpaired) electrons. The van der Waals surface area contributed by atoms with Crippen molar-refractivity contribution in [3.63, 3.8) is 0 Å². The van der Waals surface area contributed by atoms with E-state index >= 15 is 0 Å². The number of rotatable bonds is 3. The van der Waals surface area contributed by atoms with E-state index in [0.29, 0.717) is 0 Å². The van der Waals surface area contributed by atoms with Crippen LogP contribution >= 0.6 is 0 Å². The van der Waals surface area contributed by atoms with Crippen molar-refractivity contribution in [2.75, 3.05) is 13.7 Å². The molecule has 19 heavy (non-hydrogen) atoms. The van der Waals surface area contributed by atoms with Gasteiger partial charge < -0.3 is 14.5 Å². The Bertz CT molecular complexity index is 599. The highest BCUT2D eigenvalue weighted by atomic mass is 16.5. The molecule has 1 aromatic heterocycles. The van der Waals surface area contributed by atoms with Crippen molar-refractivity contribution in [1.29, 1.82) is 0 Å². The van der Waals surface area contributed by atoms with Crippen LogP contribution in [-0.2, 0) is 12.0 Å². The van der Waals surface area contributed by atoms with Gasteiger partial charge in [0, 0.05) is 16.5 Å². The second kappa shape index (κ2) is 4.42. The molecule has 1 N–H and O–H groups in total. The van der Waals surface area contributed by atoms with Crippen molar-refractivity contribution in [3.8, 4) is 17.1 Å². The van der Waals surface area contributed by atoms with E-state index in [-0.39, 0.29) is 5.41 Å². The Morgan fingerprint density at radius 1 is 1.21 bits per heavy atom. The van der Waals surface area contributed by atoms with Gasteiger partial charge in [0.25, 0.3) is 0 Å². The lowest BCUT2D eigenvalue weighted by atomic mass is 9.86. The lowest BCUT2D eigenvalue weighted by Crippen LogP contribution is -2.18. The van der Waals surface area contributed by atoms with Crippen LogP contribution in [0.5, 0.6) is 5.75 Å². The molecule has 0 aliphatic carbocycles. The van der Waals surface area contributed by atoms with E-state index in [2.05, 4.69) is 31.3 Å². The molecule has 0 saturated heterocycles. The Morgan fingerprint density at radius 2 is 2.05 bits per heavy atom. The molecule has 0 fully saturated rings. The van der Waals surface area contributed by atoms with Crippen LogP contribution in [0.25, 0.3) is 11.3 Å². The summed E-state index contributed by atoms with van der Waals surface area (Å²) in [6.45, 7) is 5.91. The number of fused-ring (bicyclic) bond motifs is 1. The summed E-state index contributed by atoms with van der Waals surface area (Å²) in [6.07, 6.45) is 0. The van der Waals surface area contributed by atoms with Crippen LogP contribution in [0.4, 0.5) is 0 Å². The van der Waals surface area contributed by atoms with E-state index < -0.39 is 0 Å². The summed E-state index contributed by atoms with van der Waals surface area (Å²) >= 11 is 0. The Balaban J connectivity index is 1.97. The first kappa shape index (κ1) is 12.3. The van der Waals surface area contributed by atoms with Gasteiger partial charge >= 0.3 is 0 Å². The largest absolute Gasteiger partial charge is 0.492 e. The van der Waals surface area contributed by atoms with Gasteiger partial charge in [0.2, 0.25) is 0 Å². The molecule has 3 rings (SSSR count). The van der Waals surface area contributed by atoms with Crippen LogP contribution in [0.3, 0.4) is 0 Å². The minimum absolute atomic E-state index is 0.0751. The summed E-state index contributed by atoms with van der Waals surface area (Å²) in [5.41, 5.74) is 2.45. The van der Waals surface area contributed by atoms with E-state index in [1.165, 1.54) is 5.56 Å². The monoisotopic (exact) mass is 257 g/mol. The molecule has 2 aromatic rings. The zero-order valence-corrected chi connectivity index (χ0v) is 11.6. The first-order valence-corrected chi connectivity index (χ1v) is 6.61. The number of benzene rings is 1. The molecule has 0 bridgehead atoms. The minimum atomic E-state index is 0.0751. The van der Waals surface area contributed by atoms with Gasteiger partial charge in [-0.25, -0.2) is 0 Å². The third-order valence-corrected chi connectivity index (χ3v) is 3.59. The maximum Gasteiger partial charge on any atom is 0.134 e. The predicted molar refractivity (Wildman–Crippen MR) is 75.4 cm³/mol. The second-order valence-electron chi connectivity index (χ2n) is 5.68. The first-order chi connectivity index (χ1) is 9.10. The number of furan rings is 1. The average Bonchev–Trinajstić information content (AvgIpc) is 2.96. The molecule has 0 saturated carbocycles. The summed E-state index contributed by atoms with van der Waals surface area (Å²) in [4.78, 5) is 0. The lowest BCUT2D eigenvalue weighted by molar-refractivity contribution is 0.291. The normalized spacial score (nSPS) is 16.2. The van der Waals surface area contributed by atoms with Gasteiger partial charge in [-0.3, -0.25) is 0 Å². The average molecular weight is 257 g/mol. The summed E-state index contributed by atoms with van der Waals surface area (Å²) in [7, 11) is 1.91. The zero-order chi connectivity index (χ0) is 13.5. The summed E-state index contributed by atoms with van der Waals surface area (Å²) in [5.74, 6) is 2.86. The highest BCUT2D eigenvalue weighted by molar-refractivity contribution is 5.62. The highest BCUT2D eigenvalue weighted by Crippen LogP contribution is 2.40. The summed E-state index contributed by atoms with van der Waals surface area (Å²) in [6, 6.07) is 10.3. The molecular weight excluding hydrogens is 238 g/mol. The van der Waals surface area contributed by atoms with Gasteiger partial charge in [-0.15, -0.1) is 0 Å². The first-order valence-electron chi connectivity index (χ1n) is 6.61. The molecule has 3 nitrogen and oxygen atoms in total. The maximum atomic E-state index is 5.83. The lowest BCUT2D eigenvalue weighted by Gasteiger charge is -2.15. The Kier molecular flexibility index (Phi) is 2.86. The topological polar surface area (TPSA) is 34.4 Å². The fourth-order valence-corrected chi connectivity index (χ4v) is 2.48. The van der Waals surface area contributed by atoms with Gasteiger partial charge in [-0.1, -0.05) is 13.8 Å². The van der Waals surface area contributed by atoms with Gasteiger partial charge in [-0.2, -0.15) is 0 Å². The molecule has 100 valence electrons. The van der Waals surface area contributed by atoms with E-state index in [4.69, 9.17) is 9.15 Å². The van der Waals surface area contributed by atoms with Crippen molar-refractivity contribution in [3.05, 3.63) is 41.7 Å². The zero-order valence-electron chi connectivity index (χ0n) is 11.6. The van der Waals surface area contributed by atoms with Gasteiger partial charge in [0.15, 0.2) is 0 Å². The third-order valence-electron chi connectivity index (χ3n) is 3.59. The van der Waals surface area contributed by atoms with Crippen LogP contribution in [0.2, 0.25) is 0 Å². The van der Waals surface area contributed by atoms with Crippen molar-refractivity contribution >= 4 is 0 Å². The Hall–Kier alpha value is -1.74. The third kappa shape index (κ3) is 2.15. The number of hydrogen-bond donors (Lipinski definition) is 1. The molecule has 0 atom stereocenters. The summed E-state index contributed by atoms with van der Waals surface area (Å²) < 4.78 is 11.5. The maximum absolute atomic E-state index is 5.83. The molecule has 2 heterocycles. The molecule has 0 spiro atoms. The van der Waals surface area contributed by atoms with E-state index in [1.807, 2.05) is 25.2 Å². The van der Waals surface area contributed by atoms with Crippen LogP contribution < -0.4 is 10.1 Å². The van der Waals surface area contributed by atoms with Crippen LogP contribution in [0.15, 0.2) is 34.7 Å². The number of ether oxygens (including phenoxy) is 1.